The van der Waals surface area contributed by atoms with Gasteiger partial charge in [-0.15, -0.1) is 11.3 Å². The molecule has 0 aliphatic rings. The number of carboxylic acid groups (broad SMARTS) is 1. The molecule has 0 atom stereocenters. The molecule has 0 saturated carbocycles. The van der Waals surface area contributed by atoms with Gasteiger partial charge in [-0.2, -0.15) is 0 Å². The van der Waals surface area contributed by atoms with Crippen LogP contribution in [0.15, 0.2) is 16.5 Å². The Morgan fingerprint density at radius 3 is 2.72 bits per heavy atom. The van der Waals surface area contributed by atoms with E-state index in [2.05, 4.69) is 4.98 Å². The van der Waals surface area contributed by atoms with Gasteiger partial charge in [0.1, 0.15) is 0 Å². The monoisotopic (exact) mass is 265 g/mol. The van der Waals surface area contributed by atoms with Gasteiger partial charge in [-0.05, 0) is 31.4 Å². The Balaban J connectivity index is 2.42. The van der Waals surface area contributed by atoms with Crippen LogP contribution in [0.4, 0.5) is 0 Å². The largest absolute Gasteiger partial charge is 0.475 e. The van der Waals surface area contributed by atoms with E-state index in [1.54, 1.807) is 11.3 Å². The normalized spacial score (nSPS) is 11.1. The van der Waals surface area contributed by atoms with Crippen molar-refractivity contribution in [3.63, 3.8) is 0 Å². The summed E-state index contributed by atoms with van der Waals surface area (Å²) in [4.78, 5) is 17.5. The zero-order chi connectivity index (χ0) is 13.3. The van der Waals surface area contributed by atoms with Crippen molar-refractivity contribution in [2.24, 2.45) is 5.92 Å². The summed E-state index contributed by atoms with van der Waals surface area (Å²) in [6.45, 7) is 6.04. The molecular weight excluding hydrogens is 250 g/mol. The molecule has 4 nitrogen and oxygen atoms in total. The van der Waals surface area contributed by atoms with Crippen LogP contribution in [0.1, 0.15) is 35.0 Å². The van der Waals surface area contributed by atoms with Gasteiger partial charge in [-0.3, -0.25) is 0 Å². The van der Waals surface area contributed by atoms with E-state index in [1.165, 1.54) is 0 Å². The van der Waals surface area contributed by atoms with E-state index in [0.29, 0.717) is 23.9 Å². The third-order valence-corrected chi connectivity index (χ3v) is 3.43. The first kappa shape index (κ1) is 12.8. The quantitative estimate of drug-likeness (QED) is 0.917. The van der Waals surface area contributed by atoms with E-state index in [1.807, 2.05) is 32.9 Å². The maximum Gasteiger partial charge on any atom is 0.373 e. The minimum atomic E-state index is -1.06. The van der Waals surface area contributed by atoms with Gasteiger partial charge in [0.25, 0.3) is 0 Å². The zero-order valence-corrected chi connectivity index (χ0v) is 11.4. The molecule has 96 valence electrons. The molecular formula is C13H15NO3S. The average molecular weight is 265 g/mol. The molecule has 0 aliphatic carbocycles. The Kier molecular flexibility index (Phi) is 3.52. The number of aromatic carboxylic acids is 1. The van der Waals surface area contributed by atoms with Crippen molar-refractivity contribution in [2.45, 2.75) is 27.2 Å². The topological polar surface area (TPSA) is 63.3 Å². The maximum absolute atomic E-state index is 11.1. The van der Waals surface area contributed by atoms with E-state index in [0.717, 1.165) is 9.75 Å². The van der Waals surface area contributed by atoms with Crippen LogP contribution in [0.2, 0.25) is 0 Å². The fourth-order valence-corrected chi connectivity index (χ4v) is 2.49. The lowest BCUT2D eigenvalue weighted by atomic mass is 10.1. The smallest absolute Gasteiger partial charge is 0.373 e. The molecule has 2 heterocycles. The fraction of sp³-hybridized carbons (Fsp3) is 0.385. The van der Waals surface area contributed by atoms with Gasteiger partial charge >= 0.3 is 5.97 Å². The summed E-state index contributed by atoms with van der Waals surface area (Å²) in [6.07, 6.45) is 0.607. The number of carboxylic acids is 1. The molecule has 0 aliphatic heterocycles. The predicted octanol–water partition coefficient (Wildman–Crippen LogP) is 3.61. The SMILES string of the molecule is Cc1ccc(-c2nc(CC(C)C)c(C(=O)O)o2)s1. The van der Waals surface area contributed by atoms with E-state index >= 15 is 0 Å². The van der Waals surface area contributed by atoms with Gasteiger partial charge in [0.2, 0.25) is 11.7 Å². The second kappa shape index (κ2) is 4.94. The molecule has 2 aromatic heterocycles. The Morgan fingerprint density at radius 1 is 1.50 bits per heavy atom. The molecule has 0 amide bonds. The van der Waals surface area contributed by atoms with E-state index in [9.17, 15) is 4.79 Å². The van der Waals surface area contributed by atoms with Crippen LogP contribution in [0.3, 0.4) is 0 Å². The Bertz CT molecular complexity index is 569. The minimum absolute atomic E-state index is 0.0373. The predicted molar refractivity (Wildman–Crippen MR) is 70.1 cm³/mol. The average Bonchev–Trinajstić information content (AvgIpc) is 2.83. The molecule has 0 aromatic carbocycles. The summed E-state index contributed by atoms with van der Waals surface area (Å²) >= 11 is 1.54. The summed E-state index contributed by atoms with van der Waals surface area (Å²) in [6, 6.07) is 3.86. The summed E-state index contributed by atoms with van der Waals surface area (Å²) < 4.78 is 5.38. The van der Waals surface area contributed by atoms with Crippen molar-refractivity contribution in [2.75, 3.05) is 0 Å². The Hall–Kier alpha value is -1.62. The number of nitrogens with zero attached hydrogens (tertiary/aromatic N) is 1. The highest BCUT2D eigenvalue weighted by Crippen LogP contribution is 2.29. The molecule has 2 aromatic rings. The van der Waals surface area contributed by atoms with E-state index in [-0.39, 0.29) is 5.76 Å². The Labute approximate surface area is 109 Å². The lowest BCUT2D eigenvalue weighted by Gasteiger charge is -1.99. The molecule has 18 heavy (non-hydrogen) atoms. The summed E-state index contributed by atoms with van der Waals surface area (Å²) in [5.41, 5.74) is 0.526. The highest BCUT2D eigenvalue weighted by atomic mass is 32.1. The van der Waals surface area contributed by atoms with Crippen LogP contribution in [0.5, 0.6) is 0 Å². The molecule has 0 radical (unpaired) electrons. The van der Waals surface area contributed by atoms with Crippen LogP contribution >= 0.6 is 11.3 Å². The molecule has 0 saturated heterocycles. The number of rotatable bonds is 4. The van der Waals surface area contributed by atoms with Gasteiger partial charge in [0.15, 0.2) is 0 Å². The third kappa shape index (κ3) is 2.61. The zero-order valence-electron chi connectivity index (χ0n) is 10.6. The molecule has 5 heteroatoms. The van der Waals surface area contributed by atoms with Crippen LogP contribution in [-0.4, -0.2) is 16.1 Å². The van der Waals surface area contributed by atoms with Crippen molar-refractivity contribution < 1.29 is 14.3 Å². The highest BCUT2D eigenvalue weighted by Gasteiger charge is 2.21. The van der Waals surface area contributed by atoms with E-state index < -0.39 is 5.97 Å². The van der Waals surface area contributed by atoms with Crippen molar-refractivity contribution in [3.05, 3.63) is 28.5 Å². The van der Waals surface area contributed by atoms with Crippen molar-refractivity contribution >= 4 is 17.3 Å². The second-order valence-electron chi connectivity index (χ2n) is 4.61. The molecule has 0 bridgehead atoms. The summed E-state index contributed by atoms with van der Waals surface area (Å²) in [5, 5.41) is 9.11. The first-order chi connectivity index (χ1) is 8.47. The fourth-order valence-electron chi connectivity index (χ4n) is 1.70. The minimum Gasteiger partial charge on any atom is -0.475 e. The van der Waals surface area contributed by atoms with Crippen molar-refractivity contribution in [1.29, 1.82) is 0 Å². The molecule has 0 fully saturated rings. The number of hydrogen-bond donors (Lipinski definition) is 1. The summed E-state index contributed by atoms with van der Waals surface area (Å²) in [7, 11) is 0. The number of aromatic nitrogens is 1. The van der Waals surface area contributed by atoms with Crippen molar-refractivity contribution in [1.82, 2.24) is 4.98 Å². The van der Waals surface area contributed by atoms with Crippen LogP contribution < -0.4 is 0 Å². The van der Waals surface area contributed by atoms with Gasteiger partial charge < -0.3 is 9.52 Å². The van der Waals surface area contributed by atoms with E-state index in [4.69, 9.17) is 9.52 Å². The van der Waals surface area contributed by atoms with Gasteiger partial charge in [0.05, 0.1) is 10.6 Å². The van der Waals surface area contributed by atoms with Crippen LogP contribution in [0.25, 0.3) is 10.8 Å². The number of aryl methyl sites for hydroxylation is 1. The molecule has 2 rings (SSSR count). The molecule has 1 N–H and O–H groups in total. The van der Waals surface area contributed by atoms with Gasteiger partial charge in [-0.1, -0.05) is 13.8 Å². The molecule has 0 unspecified atom stereocenters. The number of hydrogen-bond acceptors (Lipinski definition) is 4. The third-order valence-electron chi connectivity index (χ3n) is 2.44. The Morgan fingerprint density at radius 2 is 2.22 bits per heavy atom. The van der Waals surface area contributed by atoms with Crippen LogP contribution in [-0.2, 0) is 6.42 Å². The number of oxazole rings is 1. The lowest BCUT2D eigenvalue weighted by molar-refractivity contribution is 0.0661. The first-order valence-electron chi connectivity index (χ1n) is 5.77. The van der Waals surface area contributed by atoms with Gasteiger partial charge in [0, 0.05) is 4.88 Å². The first-order valence-corrected chi connectivity index (χ1v) is 6.59. The van der Waals surface area contributed by atoms with Crippen molar-refractivity contribution in [3.8, 4) is 10.8 Å². The number of thiophene rings is 1. The van der Waals surface area contributed by atoms with Crippen LogP contribution in [0, 0.1) is 12.8 Å². The van der Waals surface area contributed by atoms with Gasteiger partial charge in [-0.25, -0.2) is 9.78 Å². The number of carbonyl (C=O) groups is 1. The molecule has 0 spiro atoms. The highest BCUT2D eigenvalue weighted by molar-refractivity contribution is 7.15. The lowest BCUT2D eigenvalue weighted by Crippen LogP contribution is -2.03. The summed E-state index contributed by atoms with van der Waals surface area (Å²) in [5.74, 6) is -0.352. The maximum atomic E-state index is 11.1. The second-order valence-corrected chi connectivity index (χ2v) is 5.90. The standard InChI is InChI=1S/C13H15NO3S/c1-7(2)6-9-11(13(15)16)17-12(14-9)10-5-4-8(3)18-10/h4-5,7H,6H2,1-3H3,(H,15,16).